The molecule has 1 fully saturated rings. The Labute approximate surface area is 183 Å². The first-order valence-corrected chi connectivity index (χ1v) is 10.4. The number of aryl methyl sites for hydroxylation is 1. The average molecular weight is 419 g/mol. The van der Waals surface area contributed by atoms with E-state index in [9.17, 15) is 4.79 Å². The molecule has 2 aromatic carbocycles. The molecule has 1 aliphatic heterocycles. The van der Waals surface area contributed by atoms with Gasteiger partial charge in [-0.3, -0.25) is 0 Å². The Balaban J connectivity index is 1.88. The fourth-order valence-electron chi connectivity index (χ4n) is 3.97. The molecule has 160 valence electrons. The quantitative estimate of drug-likeness (QED) is 0.592. The number of benzene rings is 2. The maximum atomic E-state index is 13.0. The van der Waals surface area contributed by atoms with Gasteiger partial charge < -0.3 is 0 Å². The summed E-state index contributed by atoms with van der Waals surface area (Å²) in [6.07, 6.45) is 2.11. The molecule has 31 heavy (non-hydrogen) atoms. The molecular formula is C24H26BNO5. The van der Waals surface area contributed by atoms with Gasteiger partial charge >= 0.3 is 183 Å². The van der Waals surface area contributed by atoms with Crippen molar-refractivity contribution in [2.24, 2.45) is 0 Å². The second-order valence-electron chi connectivity index (χ2n) is 7.67. The SMILES string of the molecule is B=C1CCCC(=O)/C1=C(\Nc1cc(OC)cc(OC)c1)c1cc2c(cc1C)OCCO2. The number of anilines is 1. The number of nitrogens with one attached hydrogen (secondary N) is 1. The van der Waals surface area contributed by atoms with Crippen LogP contribution in [-0.2, 0) is 4.79 Å². The van der Waals surface area contributed by atoms with Crippen LogP contribution in [0.25, 0.3) is 5.70 Å². The van der Waals surface area contributed by atoms with Crippen LogP contribution in [0.3, 0.4) is 0 Å². The van der Waals surface area contributed by atoms with E-state index in [1.807, 2.05) is 31.2 Å². The van der Waals surface area contributed by atoms with Crippen LogP contribution in [0.4, 0.5) is 5.69 Å². The van der Waals surface area contributed by atoms with Gasteiger partial charge in [0.15, 0.2) is 0 Å². The number of ether oxygens (including phenoxy) is 4. The molecule has 0 saturated heterocycles. The summed E-state index contributed by atoms with van der Waals surface area (Å²) >= 11 is 0. The van der Waals surface area contributed by atoms with Crippen molar-refractivity contribution in [3.05, 3.63) is 47.0 Å². The minimum atomic E-state index is 0.0860. The van der Waals surface area contributed by atoms with E-state index in [1.165, 1.54) is 0 Å². The Hall–Kier alpha value is -3.22. The van der Waals surface area contributed by atoms with Crippen molar-refractivity contribution in [3.8, 4) is 23.0 Å². The summed E-state index contributed by atoms with van der Waals surface area (Å²) in [6, 6.07) is 9.43. The fraction of sp³-hybridized carbons (Fsp3) is 0.333. The number of allylic oxidation sites excluding steroid dienone is 1. The molecule has 6 nitrogen and oxygen atoms in total. The zero-order chi connectivity index (χ0) is 22.0. The standard InChI is InChI=1S/C24H26BNO5/c1-14-9-21-22(31-8-7-30-21)13-18(14)24(23-19(25)5-4-6-20(23)27)26-15-10-16(28-2)12-17(11-15)29-3/h9-13,25-26H,4-8H2,1-3H3/b24-23-. The normalized spacial score (nSPS) is 17.2. The van der Waals surface area contributed by atoms with Crippen molar-refractivity contribution < 1.29 is 23.7 Å². The van der Waals surface area contributed by atoms with Gasteiger partial charge in [0.1, 0.15) is 0 Å². The zero-order valence-electron chi connectivity index (χ0n) is 18.2. The number of hydrogen-bond acceptors (Lipinski definition) is 6. The van der Waals surface area contributed by atoms with Crippen molar-refractivity contribution in [1.82, 2.24) is 0 Å². The van der Waals surface area contributed by atoms with Crippen LogP contribution in [0.15, 0.2) is 35.9 Å². The minimum absolute atomic E-state index is 0.0860. The van der Waals surface area contributed by atoms with Gasteiger partial charge in [-0.2, -0.15) is 0 Å². The molecule has 4 rings (SSSR count). The third-order valence-electron chi connectivity index (χ3n) is 5.54. The molecular weight excluding hydrogens is 393 g/mol. The van der Waals surface area contributed by atoms with E-state index in [2.05, 4.69) is 12.8 Å². The topological polar surface area (TPSA) is 66.0 Å². The number of rotatable bonds is 5. The van der Waals surface area contributed by atoms with Crippen LogP contribution in [0.2, 0.25) is 0 Å². The molecule has 0 unspecified atom stereocenters. The molecule has 0 spiro atoms. The van der Waals surface area contributed by atoms with Gasteiger partial charge in [-0.05, 0) is 0 Å². The van der Waals surface area contributed by atoms with Crippen molar-refractivity contribution in [2.45, 2.75) is 26.2 Å². The zero-order valence-corrected chi connectivity index (χ0v) is 18.2. The molecule has 1 saturated carbocycles. The number of carbonyl (C=O) groups is 1. The first-order chi connectivity index (χ1) is 15.0. The van der Waals surface area contributed by atoms with E-state index in [-0.39, 0.29) is 5.78 Å². The number of fused-ring (bicyclic) bond motifs is 1. The first kappa shape index (κ1) is 21.0. The summed E-state index contributed by atoms with van der Waals surface area (Å²) in [7, 11) is 7.41. The van der Waals surface area contributed by atoms with Gasteiger partial charge in [0.05, 0.1) is 0 Å². The molecule has 0 atom stereocenters. The van der Waals surface area contributed by atoms with E-state index in [4.69, 9.17) is 18.9 Å². The van der Waals surface area contributed by atoms with Crippen molar-refractivity contribution >= 4 is 30.1 Å². The van der Waals surface area contributed by atoms with Crippen LogP contribution >= 0.6 is 0 Å². The van der Waals surface area contributed by atoms with E-state index >= 15 is 0 Å². The summed E-state index contributed by atoms with van der Waals surface area (Å²) in [5.74, 6) is 2.78. The predicted molar refractivity (Wildman–Crippen MR) is 123 cm³/mol. The third kappa shape index (κ3) is 4.31. The van der Waals surface area contributed by atoms with Crippen LogP contribution in [-0.4, -0.2) is 46.2 Å². The van der Waals surface area contributed by atoms with Gasteiger partial charge in [0, 0.05) is 0 Å². The third-order valence-corrected chi connectivity index (χ3v) is 5.54. The molecule has 1 N–H and O–H groups in total. The van der Waals surface area contributed by atoms with Crippen LogP contribution in [0.1, 0.15) is 30.4 Å². The first-order valence-electron chi connectivity index (χ1n) is 10.4. The summed E-state index contributed by atoms with van der Waals surface area (Å²) < 4.78 is 22.4. The number of hydrogen-bond donors (Lipinski definition) is 1. The molecule has 7 heteroatoms. The van der Waals surface area contributed by atoms with Crippen LogP contribution in [0.5, 0.6) is 23.0 Å². The molecule has 0 bridgehead atoms. The summed E-state index contributed by atoms with van der Waals surface area (Å²) in [6.45, 7) is 3.02. The Morgan fingerprint density at radius 2 is 1.61 bits per heavy atom. The molecule has 0 amide bonds. The molecule has 1 heterocycles. The van der Waals surface area contributed by atoms with Crippen molar-refractivity contribution in [3.63, 3.8) is 0 Å². The number of methoxy groups -OCH3 is 2. The molecule has 2 aliphatic rings. The Morgan fingerprint density at radius 1 is 0.968 bits per heavy atom. The van der Waals surface area contributed by atoms with Gasteiger partial charge in [0.2, 0.25) is 0 Å². The molecule has 0 radical (unpaired) electrons. The molecule has 2 aromatic rings. The molecule has 1 aliphatic carbocycles. The monoisotopic (exact) mass is 419 g/mol. The summed E-state index contributed by atoms with van der Waals surface area (Å²) in [5, 5.41) is 3.46. The average Bonchev–Trinajstić information content (AvgIpc) is 2.77. The van der Waals surface area contributed by atoms with Crippen molar-refractivity contribution in [1.29, 1.82) is 0 Å². The van der Waals surface area contributed by atoms with Gasteiger partial charge in [-0.25, -0.2) is 0 Å². The van der Waals surface area contributed by atoms with E-state index in [0.29, 0.717) is 53.9 Å². The van der Waals surface area contributed by atoms with Crippen LogP contribution in [0, 0.1) is 6.92 Å². The van der Waals surface area contributed by atoms with E-state index < -0.39 is 0 Å². The van der Waals surface area contributed by atoms with Gasteiger partial charge in [-0.15, -0.1) is 0 Å². The van der Waals surface area contributed by atoms with Gasteiger partial charge in [-0.1, -0.05) is 0 Å². The van der Waals surface area contributed by atoms with E-state index in [0.717, 1.165) is 35.1 Å². The summed E-state index contributed by atoms with van der Waals surface area (Å²) in [4.78, 5) is 13.0. The van der Waals surface area contributed by atoms with Crippen LogP contribution < -0.4 is 24.3 Å². The number of ketones is 1. The Kier molecular flexibility index (Phi) is 6.02. The van der Waals surface area contributed by atoms with Crippen molar-refractivity contribution in [2.75, 3.05) is 32.8 Å². The molecule has 0 aromatic heterocycles. The number of carbonyl (C=O) groups excluding carboxylic acids is 1. The van der Waals surface area contributed by atoms with Gasteiger partial charge in [0.25, 0.3) is 0 Å². The maximum absolute atomic E-state index is 13.0. The van der Waals surface area contributed by atoms with E-state index in [1.54, 1.807) is 20.3 Å². The Bertz CT molecular complexity index is 1040. The summed E-state index contributed by atoms with van der Waals surface area (Å²) in [5.41, 5.74) is 4.77. The number of Topliss-reactive ketones (excluding diaryl/α,β-unsaturated/α-hetero) is 1. The fourth-order valence-corrected chi connectivity index (χ4v) is 3.97. The Morgan fingerprint density at radius 3 is 2.23 bits per heavy atom. The second kappa shape index (κ2) is 8.88. The predicted octanol–water partition coefficient (Wildman–Crippen LogP) is 3.43. The second-order valence-corrected chi connectivity index (χ2v) is 7.67.